The molecule has 0 atom stereocenters. The standard InChI is InChI=1S/C26H22N4/c1-3-7-23(8-4-1)29-25-15-11-21(12-16-25)27-19-20-28-22-13-17-26(18-14-22)30-24-9-5-2-6-10-24/h1-20,29-30H/b27-19+,28-20?. The van der Waals surface area contributed by atoms with E-state index in [0.717, 1.165) is 34.1 Å². The molecule has 0 spiro atoms. The molecule has 0 unspecified atom stereocenters. The molecule has 4 nitrogen and oxygen atoms in total. The average molecular weight is 390 g/mol. The highest BCUT2D eigenvalue weighted by atomic mass is 14.9. The van der Waals surface area contributed by atoms with E-state index in [9.17, 15) is 0 Å². The monoisotopic (exact) mass is 390 g/mol. The van der Waals surface area contributed by atoms with E-state index in [0.29, 0.717) is 0 Å². The molecule has 0 fully saturated rings. The third-order valence-electron chi connectivity index (χ3n) is 4.37. The minimum atomic E-state index is 0.877. The molecule has 4 aromatic carbocycles. The van der Waals surface area contributed by atoms with Crippen molar-refractivity contribution in [3.8, 4) is 0 Å². The maximum Gasteiger partial charge on any atom is 0.0631 e. The van der Waals surface area contributed by atoms with Gasteiger partial charge in [-0.2, -0.15) is 0 Å². The van der Waals surface area contributed by atoms with Gasteiger partial charge in [0.05, 0.1) is 11.4 Å². The maximum absolute atomic E-state index is 4.43. The van der Waals surface area contributed by atoms with Crippen molar-refractivity contribution in [1.29, 1.82) is 0 Å². The van der Waals surface area contributed by atoms with Crippen LogP contribution in [0.5, 0.6) is 0 Å². The molecule has 0 amide bonds. The number of anilines is 4. The molecule has 0 aliphatic carbocycles. The number of hydrogen-bond donors (Lipinski definition) is 2. The van der Waals surface area contributed by atoms with Crippen LogP contribution in [-0.2, 0) is 0 Å². The molecule has 0 heterocycles. The van der Waals surface area contributed by atoms with Crippen molar-refractivity contribution in [3.63, 3.8) is 0 Å². The minimum absolute atomic E-state index is 0.877. The molecule has 4 heteroatoms. The van der Waals surface area contributed by atoms with Crippen LogP contribution < -0.4 is 10.6 Å². The zero-order chi connectivity index (χ0) is 20.4. The van der Waals surface area contributed by atoms with Crippen LogP contribution in [0.25, 0.3) is 0 Å². The van der Waals surface area contributed by atoms with Crippen LogP contribution >= 0.6 is 0 Å². The SMILES string of the molecule is C(/C=N/c1ccc(Nc2ccccc2)cc1)=Nc1ccc(Nc2ccccc2)cc1. The largest absolute Gasteiger partial charge is 0.356 e. The topological polar surface area (TPSA) is 48.8 Å². The summed E-state index contributed by atoms with van der Waals surface area (Å²) in [6, 6.07) is 36.1. The molecule has 2 N–H and O–H groups in total. The lowest BCUT2D eigenvalue weighted by atomic mass is 10.2. The summed E-state index contributed by atoms with van der Waals surface area (Å²) in [6.45, 7) is 0. The Labute approximate surface area is 176 Å². The lowest BCUT2D eigenvalue weighted by Crippen LogP contribution is -1.88. The van der Waals surface area contributed by atoms with E-state index in [4.69, 9.17) is 0 Å². The van der Waals surface area contributed by atoms with E-state index in [1.54, 1.807) is 12.4 Å². The number of hydrogen-bond acceptors (Lipinski definition) is 4. The fraction of sp³-hybridized carbons (Fsp3) is 0. The van der Waals surface area contributed by atoms with Crippen molar-refractivity contribution in [2.24, 2.45) is 9.98 Å². The Bertz CT molecular complexity index is 1010. The Morgan fingerprint density at radius 1 is 0.400 bits per heavy atom. The quantitative estimate of drug-likeness (QED) is 0.326. The second kappa shape index (κ2) is 9.85. The summed E-state index contributed by atoms with van der Waals surface area (Å²) in [5.74, 6) is 0. The van der Waals surface area contributed by atoms with Crippen LogP contribution in [0.15, 0.2) is 119 Å². The number of nitrogens with one attached hydrogen (secondary N) is 2. The Morgan fingerprint density at radius 2 is 0.733 bits per heavy atom. The van der Waals surface area contributed by atoms with E-state index in [1.807, 2.05) is 109 Å². The molecule has 0 aliphatic heterocycles. The fourth-order valence-corrected chi connectivity index (χ4v) is 2.88. The van der Waals surface area contributed by atoms with Gasteiger partial charge in [0.15, 0.2) is 0 Å². The first-order valence-electron chi connectivity index (χ1n) is 9.76. The number of benzene rings is 4. The summed E-state index contributed by atoms with van der Waals surface area (Å²) in [7, 11) is 0. The van der Waals surface area contributed by atoms with Gasteiger partial charge in [-0.05, 0) is 72.8 Å². The molecule has 0 radical (unpaired) electrons. The molecule has 0 bridgehead atoms. The van der Waals surface area contributed by atoms with Crippen LogP contribution in [0, 0.1) is 0 Å². The van der Waals surface area contributed by atoms with Gasteiger partial charge in [-0.25, -0.2) is 0 Å². The second-order valence-corrected chi connectivity index (χ2v) is 6.63. The normalized spacial score (nSPS) is 11.1. The van der Waals surface area contributed by atoms with Crippen LogP contribution in [0.3, 0.4) is 0 Å². The van der Waals surface area contributed by atoms with Gasteiger partial charge in [0, 0.05) is 35.2 Å². The fourth-order valence-electron chi connectivity index (χ4n) is 2.88. The summed E-state index contributed by atoms with van der Waals surface area (Å²) in [5, 5.41) is 6.71. The average Bonchev–Trinajstić information content (AvgIpc) is 2.80. The summed E-state index contributed by atoms with van der Waals surface area (Å²) in [4.78, 5) is 8.86. The molecule has 4 rings (SSSR count). The lowest BCUT2D eigenvalue weighted by Gasteiger charge is -2.06. The number of para-hydroxylation sites is 2. The predicted octanol–water partition coefficient (Wildman–Crippen LogP) is 7.28. The summed E-state index contributed by atoms with van der Waals surface area (Å²) in [6.07, 6.45) is 3.41. The molecular formula is C26H22N4. The van der Waals surface area contributed by atoms with E-state index in [-0.39, 0.29) is 0 Å². The van der Waals surface area contributed by atoms with Crippen LogP contribution in [0.2, 0.25) is 0 Å². The van der Waals surface area contributed by atoms with Crippen molar-refractivity contribution >= 4 is 46.6 Å². The van der Waals surface area contributed by atoms with Crippen molar-refractivity contribution in [2.75, 3.05) is 10.6 Å². The Balaban J connectivity index is 1.30. The van der Waals surface area contributed by atoms with Gasteiger partial charge in [-0.3, -0.25) is 9.98 Å². The highest BCUT2D eigenvalue weighted by molar-refractivity contribution is 6.17. The third-order valence-corrected chi connectivity index (χ3v) is 4.37. The predicted molar refractivity (Wildman–Crippen MR) is 129 cm³/mol. The zero-order valence-corrected chi connectivity index (χ0v) is 16.4. The van der Waals surface area contributed by atoms with Gasteiger partial charge in [-0.1, -0.05) is 36.4 Å². The third kappa shape index (κ3) is 5.66. The zero-order valence-electron chi connectivity index (χ0n) is 16.4. The van der Waals surface area contributed by atoms with Crippen molar-refractivity contribution in [3.05, 3.63) is 109 Å². The Hall–Kier alpha value is -4.18. The molecular weight excluding hydrogens is 368 g/mol. The minimum Gasteiger partial charge on any atom is -0.356 e. The van der Waals surface area contributed by atoms with E-state index in [2.05, 4.69) is 20.6 Å². The Kier molecular flexibility index (Phi) is 6.28. The first-order valence-corrected chi connectivity index (χ1v) is 9.76. The lowest BCUT2D eigenvalue weighted by molar-refractivity contribution is 1.50. The van der Waals surface area contributed by atoms with Crippen LogP contribution in [0.1, 0.15) is 0 Å². The molecule has 4 aromatic rings. The van der Waals surface area contributed by atoms with Gasteiger partial charge in [0.2, 0.25) is 0 Å². The number of rotatable bonds is 7. The smallest absolute Gasteiger partial charge is 0.0631 e. The molecule has 0 saturated carbocycles. The van der Waals surface area contributed by atoms with E-state index < -0.39 is 0 Å². The number of aliphatic imine (C=N–C) groups is 2. The molecule has 0 saturated heterocycles. The van der Waals surface area contributed by atoms with Crippen molar-refractivity contribution in [2.45, 2.75) is 0 Å². The molecule has 30 heavy (non-hydrogen) atoms. The van der Waals surface area contributed by atoms with Crippen LogP contribution in [-0.4, -0.2) is 12.4 Å². The van der Waals surface area contributed by atoms with Gasteiger partial charge < -0.3 is 10.6 Å². The van der Waals surface area contributed by atoms with Crippen LogP contribution in [0.4, 0.5) is 34.1 Å². The van der Waals surface area contributed by atoms with Gasteiger partial charge in [-0.15, -0.1) is 0 Å². The highest BCUT2D eigenvalue weighted by Gasteiger charge is 1.95. The van der Waals surface area contributed by atoms with E-state index >= 15 is 0 Å². The molecule has 0 aromatic heterocycles. The second-order valence-electron chi connectivity index (χ2n) is 6.63. The first kappa shape index (κ1) is 19.2. The highest BCUT2D eigenvalue weighted by Crippen LogP contribution is 2.21. The maximum atomic E-state index is 4.43. The number of nitrogens with zero attached hydrogens (tertiary/aromatic N) is 2. The van der Waals surface area contributed by atoms with Crippen molar-refractivity contribution < 1.29 is 0 Å². The van der Waals surface area contributed by atoms with Gasteiger partial charge >= 0.3 is 0 Å². The summed E-state index contributed by atoms with van der Waals surface area (Å²) in [5.41, 5.74) is 5.93. The molecule has 0 aliphatic rings. The van der Waals surface area contributed by atoms with Gasteiger partial charge in [0.25, 0.3) is 0 Å². The summed E-state index contributed by atoms with van der Waals surface area (Å²) < 4.78 is 0. The Morgan fingerprint density at radius 3 is 1.10 bits per heavy atom. The first-order chi connectivity index (χ1) is 14.8. The van der Waals surface area contributed by atoms with Gasteiger partial charge in [0.1, 0.15) is 0 Å². The molecule has 146 valence electrons. The van der Waals surface area contributed by atoms with E-state index in [1.165, 1.54) is 0 Å². The van der Waals surface area contributed by atoms with Crippen molar-refractivity contribution in [1.82, 2.24) is 0 Å². The summed E-state index contributed by atoms with van der Waals surface area (Å²) >= 11 is 0.